The Hall–Kier alpha value is -1.68. The second-order valence-electron chi connectivity index (χ2n) is 6.49. The lowest BCUT2D eigenvalue weighted by Gasteiger charge is -2.39. The van der Waals surface area contributed by atoms with Crippen LogP contribution in [0.15, 0.2) is 29.3 Å². The summed E-state index contributed by atoms with van der Waals surface area (Å²) in [5, 5.41) is 9.90. The number of amides is 1. The van der Waals surface area contributed by atoms with Gasteiger partial charge in [0.05, 0.1) is 6.54 Å². The molecule has 1 N–H and O–H groups in total. The summed E-state index contributed by atoms with van der Waals surface area (Å²) in [5.41, 5.74) is 2.39. The Labute approximate surface area is 131 Å². The van der Waals surface area contributed by atoms with Gasteiger partial charge >= 0.3 is 0 Å². The van der Waals surface area contributed by atoms with E-state index in [1.54, 1.807) is 0 Å². The molecule has 1 aromatic rings. The van der Waals surface area contributed by atoms with Crippen LogP contribution in [0.3, 0.4) is 0 Å². The summed E-state index contributed by atoms with van der Waals surface area (Å²) in [6, 6.07) is 8.76. The number of aryl methyl sites for hydroxylation is 1. The molecule has 118 valence electrons. The zero-order valence-corrected chi connectivity index (χ0v) is 13.2. The summed E-state index contributed by atoms with van der Waals surface area (Å²) in [7, 11) is 0. The molecule has 4 heteroatoms. The Balaban J connectivity index is 1.81. The molecule has 2 aliphatic rings. The summed E-state index contributed by atoms with van der Waals surface area (Å²) in [6.07, 6.45) is 5.70. The summed E-state index contributed by atoms with van der Waals surface area (Å²) in [6.45, 7) is 2.46. The Morgan fingerprint density at radius 3 is 2.55 bits per heavy atom. The SMILES string of the molecule is Cc1ccc(CC2=NC(=O)C(O)CN2C2CCCCC2)cc1. The van der Waals surface area contributed by atoms with Gasteiger partial charge in [0, 0.05) is 12.5 Å². The minimum absolute atomic E-state index is 0.394. The van der Waals surface area contributed by atoms with Crippen molar-refractivity contribution in [1.29, 1.82) is 0 Å². The zero-order chi connectivity index (χ0) is 15.5. The van der Waals surface area contributed by atoms with Gasteiger partial charge in [-0.1, -0.05) is 49.1 Å². The first kappa shape index (κ1) is 15.2. The van der Waals surface area contributed by atoms with Gasteiger partial charge in [0.2, 0.25) is 0 Å². The van der Waals surface area contributed by atoms with Gasteiger partial charge in [0.25, 0.3) is 5.91 Å². The number of nitrogens with zero attached hydrogens (tertiary/aromatic N) is 2. The van der Waals surface area contributed by atoms with Crippen molar-refractivity contribution < 1.29 is 9.90 Å². The van der Waals surface area contributed by atoms with Crippen LogP contribution in [-0.2, 0) is 11.2 Å². The smallest absolute Gasteiger partial charge is 0.278 e. The van der Waals surface area contributed by atoms with E-state index in [-0.39, 0.29) is 0 Å². The van der Waals surface area contributed by atoms with E-state index in [1.165, 1.54) is 24.8 Å². The van der Waals surface area contributed by atoms with E-state index in [4.69, 9.17) is 0 Å². The zero-order valence-electron chi connectivity index (χ0n) is 13.2. The molecule has 1 unspecified atom stereocenters. The van der Waals surface area contributed by atoms with Gasteiger partial charge in [-0.25, -0.2) is 0 Å². The first-order chi connectivity index (χ1) is 10.6. The molecule has 0 radical (unpaired) electrons. The van der Waals surface area contributed by atoms with Crippen molar-refractivity contribution in [3.8, 4) is 0 Å². The monoisotopic (exact) mass is 300 g/mol. The highest BCUT2D eigenvalue weighted by molar-refractivity contribution is 5.99. The molecule has 3 rings (SSSR count). The predicted molar refractivity (Wildman–Crippen MR) is 86.9 cm³/mol. The molecule has 1 fully saturated rings. The van der Waals surface area contributed by atoms with E-state index in [1.807, 2.05) is 0 Å². The molecule has 4 nitrogen and oxygen atoms in total. The van der Waals surface area contributed by atoms with Crippen LogP contribution >= 0.6 is 0 Å². The van der Waals surface area contributed by atoms with Gasteiger partial charge in [-0.3, -0.25) is 4.79 Å². The van der Waals surface area contributed by atoms with Crippen molar-refractivity contribution in [3.63, 3.8) is 0 Å². The molecule has 0 spiro atoms. The van der Waals surface area contributed by atoms with E-state index in [2.05, 4.69) is 41.1 Å². The highest BCUT2D eigenvalue weighted by atomic mass is 16.3. The number of carbonyl (C=O) groups excluding carboxylic acids is 1. The molecular formula is C18H24N2O2. The van der Waals surface area contributed by atoms with Crippen molar-refractivity contribution in [3.05, 3.63) is 35.4 Å². The van der Waals surface area contributed by atoms with Crippen molar-refractivity contribution in [2.75, 3.05) is 6.54 Å². The number of hydrogen-bond acceptors (Lipinski definition) is 3. The summed E-state index contributed by atoms with van der Waals surface area (Å²) < 4.78 is 0. The van der Waals surface area contributed by atoms with Gasteiger partial charge in [0.15, 0.2) is 6.10 Å². The van der Waals surface area contributed by atoms with Crippen LogP contribution in [0, 0.1) is 6.92 Å². The fourth-order valence-corrected chi connectivity index (χ4v) is 3.42. The van der Waals surface area contributed by atoms with Crippen LogP contribution in [0.1, 0.15) is 43.2 Å². The number of benzene rings is 1. The minimum atomic E-state index is -0.969. The lowest BCUT2D eigenvalue weighted by Crippen LogP contribution is -2.51. The van der Waals surface area contributed by atoms with Gasteiger partial charge in [0.1, 0.15) is 5.84 Å². The van der Waals surface area contributed by atoms with Crippen molar-refractivity contribution in [2.24, 2.45) is 4.99 Å². The maximum Gasteiger partial charge on any atom is 0.278 e. The van der Waals surface area contributed by atoms with Gasteiger partial charge in [-0.2, -0.15) is 4.99 Å². The Bertz CT molecular complexity index is 559. The molecule has 0 saturated heterocycles. The lowest BCUT2D eigenvalue weighted by molar-refractivity contribution is -0.127. The number of aliphatic imine (C=N–C) groups is 1. The molecule has 1 saturated carbocycles. The average Bonchev–Trinajstić information content (AvgIpc) is 2.54. The number of β-amino-alcohol motifs (C(OH)–C–C–N with tert-alkyl or cyclic N) is 1. The molecular weight excluding hydrogens is 276 g/mol. The maximum absolute atomic E-state index is 11.8. The first-order valence-electron chi connectivity index (χ1n) is 8.25. The third-order valence-corrected chi connectivity index (χ3v) is 4.72. The number of carbonyl (C=O) groups is 1. The van der Waals surface area contributed by atoms with E-state index in [9.17, 15) is 9.90 Å². The van der Waals surface area contributed by atoms with Crippen molar-refractivity contribution in [2.45, 2.75) is 57.6 Å². The van der Waals surface area contributed by atoms with Gasteiger partial charge in [-0.15, -0.1) is 0 Å². The van der Waals surface area contributed by atoms with Crippen molar-refractivity contribution in [1.82, 2.24) is 4.90 Å². The van der Waals surface area contributed by atoms with E-state index < -0.39 is 12.0 Å². The molecule has 1 heterocycles. The van der Waals surface area contributed by atoms with Crippen molar-refractivity contribution >= 4 is 11.7 Å². The van der Waals surface area contributed by atoms with Crippen LogP contribution < -0.4 is 0 Å². The maximum atomic E-state index is 11.8. The molecule has 0 bridgehead atoms. The summed E-state index contributed by atoms with van der Waals surface area (Å²) in [5.74, 6) is 0.431. The summed E-state index contributed by atoms with van der Waals surface area (Å²) in [4.78, 5) is 18.2. The Kier molecular flexibility index (Phi) is 4.57. The normalized spacial score (nSPS) is 23.5. The van der Waals surface area contributed by atoms with E-state index in [0.717, 1.165) is 24.2 Å². The predicted octanol–water partition coefficient (Wildman–Crippen LogP) is 2.47. The number of amidine groups is 1. The second kappa shape index (κ2) is 6.61. The number of rotatable bonds is 3. The fraction of sp³-hybridized carbons (Fsp3) is 0.556. The van der Waals surface area contributed by atoms with E-state index in [0.29, 0.717) is 19.0 Å². The molecule has 1 amide bonds. The van der Waals surface area contributed by atoms with Crippen LogP contribution in [-0.4, -0.2) is 40.4 Å². The van der Waals surface area contributed by atoms with Gasteiger partial charge < -0.3 is 10.0 Å². The number of aliphatic hydroxyl groups excluding tert-OH is 1. The Morgan fingerprint density at radius 1 is 1.18 bits per heavy atom. The van der Waals surface area contributed by atoms with Crippen LogP contribution in [0.2, 0.25) is 0 Å². The number of aliphatic hydroxyl groups is 1. The molecule has 0 aromatic heterocycles. The topological polar surface area (TPSA) is 52.9 Å². The minimum Gasteiger partial charge on any atom is -0.381 e. The highest BCUT2D eigenvalue weighted by Crippen LogP contribution is 2.25. The molecule has 1 aliphatic carbocycles. The second-order valence-corrected chi connectivity index (χ2v) is 6.49. The largest absolute Gasteiger partial charge is 0.381 e. The third-order valence-electron chi connectivity index (χ3n) is 4.72. The molecule has 1 atom stereocenters. The van der Waals surface area contributed by atoms with E-state index >= 15 is 0 Å². The first-order valence-corrected chi connectivity index (χ1v) is 8.25. The van der Waals surface area contributed by atoms with Gasteiger partial charge in [-0.05, 0) is 25.3 Å². The highest BCUT2D eigenvalue weighted by Gasteiger charge is 2.32. The summed E-state index contributed by atoms with van der Waals surface area (Å²) >= 11 is 0. The third kappa shape index (κ3) is 3.38. The lowest BCUT2D eigenvalue weighted by atomic mass is 9.93. The molecule has 22 heavy (non-hydrogen) atoms. The molecule has 1 aromatic carbocycles. The van der Waals surface area contributed by atoms with Crippen LogP contribution in [0.4, 0.5) is 0 Å². The van der Waals surface area contributed by atoms with Crippen LogP contribution in [0.5, 0.6) is 0 Å². The quantitative estimate of drug-likeness (QED) is 0.933. The fourth-order valence-electron chi connectivity index (χ4n) is 3.42. The van der Waals surface area contributed by atoms with Crippen LogP contribution in [0.25, 0.3) is 0 Å². The molecule has 1 aliphatic heterocycles. The standard InChI is InChI=1S/C18H24N2O2/c1-13-7-9-14(10-8-13)11-17-19-18(22)16(21)12-20(17)15-5-3-2-4-6-15/h7-10,15-16,21H,2-6,11-12H2,1H3. The average molecular weight is 300 g/mol. The Morgan fingerprint density at radius 2 is 1.86 bits per heavy atom. The number of hydrogen-bond donors (Lipinski definition) is 1.